The van der Waals surface area contributed by atoms with E-state index in [1.807, 2.05) is 19.2 Å². The zero-order valence-corrected chi connectivity index (χ0v) is 13.2. The molecular weight excluding hydrogens is 352 g/mol. The zero-order chi connectivity index (χ0) is 14.0. The highest BCUT2D eigenvalue weighted by Gasteiger charge is 2.14. The van der Waals surface area contributed by atoms with Crippen LogP contribution in [-0.2, 0) is 6.54 Å². The Morgan fingerprint density at radius 1 is 1.16 bits per heavy atom. The maximum atomic E-state index is 14.1. The van der Waals surface area contributed by atoms with Crippen LogP contribution >= 0.6 is 39.1 Å². The van der Waals surface area contributed by atoms with Crippen LogP contribution in [0.5, 0.6) is 0 Å². The van der Waals surface area contributed by atoms with Crippen LogP contribution in [0.3, 0.4) is 0 Å². The first-order valence-electron chi connectivity index (χ1n) is 5.61. The summed E-state index contributed by atoms with van der Waals surface area (Å²) in [6.07, 6.45) is 0. The number of benzene rings is 2. The second-order valence-electron chi connectivity index (χ2n) is 4.07. The fraction of sp³-hybridized carbons (Fsp3) is 0.143. The van der Waals surface area contributed by atoms with Gasteiger partial charge in [0.1, 0.15) is 0 Å². The average Bonchev–Trinajstić information content (AvgIpc) is 2.38. The van der Waals surface area contributed by atoms with Crippen LogP contribution in [0.4, 0.5) is 4.39 Å². The molecule has 0 heterocycles. The molecule has 0 bridgehead atoms. The molecule has 0 saturated heterocycles. The van der Waals surface area contributed by atoms with Gasteiger partial charge in [0.2, 0.25) is 0 Å². The Hall–Kier alpha value is -0.610. The summed E-state index contributed by atoms with van der Waals surface area (Å²) in [5, 5.41) is 3.61. The van der Waals surface area contributed by atoms with Crippen LogP contribution in [0.25, 0.3) is 11.1 Å². The van der Waals surface area contributed by atoms with Crippen LogP contribution in [0, 0.1) is 5.82 Å². The molecule has 0 amide bonds. The third-order valence-corrected chi connectivity index (χ3v) is 4.31. The topological polar surface area (TPSA) is 12.0 Å². The molecule has 2 rings (SSSR count). The molecule has 0 aliphatic heterocycles. The van der Waals surface area contributed by atoms with E-state index in [-0.39, 0.29) is 5.02 Å². The van der Waals surface area contributed by atoms with Crippen molar-refractivity contribution in [3.63, 3.8) is 0 Å². The zero-order valence-electron chi connectivity index (χ0n) is 10.1. The van der Waals surface area contributed by atoms with E-state index in [2.05, 4.69) is 21.2 Å². The summed E-state index contributed by atoms with van der Waals surface area (Å²) >= 11 is 15.3. The van der Waals surface area contributed by atoms with Gasteiger partial charge in [-0.15, -0.1) is 0 Å². The predicted octanol–water partition coefficient (Wildman–Crippen LogP) is 5.28. The average molecular weight is 363 g/mol. The number of rotatable bonds is 3. The molecule has 0 spiro atoms. The van der Waals surface area contributed by atoms with Gasteiger partial charge in [0.05, 0.1) is 5.02 Å². The van der Waals surface area contributed by atoms with E-state index >= 15 is 0 Å². The molecule has 0 aliphatic rings. The van der Waals surface area contributed by atoms with Crippen molar-refractivity contribution >= 4 is 39.1 Å². The molecule has 5 heteroatoms. The van der Waals surface area contributed by atoms with Gasteiger partial charge in [-0.25, -0.2) is 4.39 Å². The Morgan fingerprint density at radius 3 is 2.47 bits per heavy atom. The first-order chi connectivity index (χ1) is 9.04. The van der Waals surface area contributed by atoms with Crippen LogP contribution in [0.2, 0.25) is 10.0 Å². The van der Waals surface area contributed by atoms with Gasteiger partial charge in [-0.3, -0.25) is 0 Å². The van der Waals surface area contributed by atoms with Crippen LogP contribution in [0.15, 0.2) is 34.8 Å². The van der Waals surface area contributed by atoms with Crippen molar-refractivity contribution < 1.29 is 4.39 Å². The Balaban J connectivity index is 2.51. The van der Waals surface area contributed by atoms with Gasteiger partial charge in [-0.2, -0.15) is 0 Å². The SMILES string of the molecule is CNCc1ccc(-c2ccc(Br)c(Cl)c2F)c(Cl)c1. The number of nitrogens with one attached hydrogen (secondary N) is 1. The predicted molar refractivity (Wildman–Crippen MR) is 82.3 cm³/mol. The van der Waals surface area contributed by atoms with Gasteiger partial charge in [0, 0.05) is 27.2 Å². The third-order valence-electron chi connectivity index (χ3n) is 2.74. The Morgan fingerprint density at radius 2 is 1.84 bits per heavy atom. The summed E-state index contributed by atoms with van der Waals surface area (Å²) in [4.78, 5) is 0. The lowest BCUT2D eigenvalue weighted by Crippen LogP contribution is -2.04. The molecule has 0 saturated carbocycles. The minimum Gasteiger partial charge on any atom is -0.316 e. The van der Waals surface area contributed by atoms with Crippen molar-refractivity contribution in [1.82, 2.24) is 5.32 Å². The highest BCUT2D eigenvalue weighted by molar-refractivity contribution is 9.10. The third kappa shape index (κ3) is 3.11. The molecule has 1 nitrogen and oxygen atoms in total. The van der Waals surface area contributed by atoms with Gasteiger partial charge >= 0.3 is 0 Å². The smallest absolute Gasteiger partial charge is 0.150 e. The molecule has 2 aromatic rings. The Bertz CT molecular complexity index is 617. The Labute approximate surface area is 129 Å². The fourth-order valence-electron chi connectivity index (χ4n) is 1.83. The van der Waals surface area contributed by atoms with Crippen LogP contribution in [0.1, 0.15) is 5.56 Å². The molecule has 0 unspecified atom stereocenters. The van der Waals surface area contributed by atoms with E-state index in [1.54, 1.807) is 18.2 Å². The normalized spacial score (nSPS) is 10.8. The molecule has 19 heavy (non-hydrogen) atoms. The largest absolute Gasteiger partial charge is 0.316 e. The van der Waals surface area contributed by atoms with Gasteiger partial charge in [-0.1, -0.05) is 41.4 Å². The lowest BCUT2D eigenvalue weighted by molar-refractivity contribution is 0.631. The summed E-state index contributed by atoms with van der Waals surface area (Å²) < 4.78 is 14.7. The molecule has 0 aromatic heterocycles. The summed E-state index contributed by atoms with van der Waals surface area (Å²) in [7, 11) is 1.86. The monoisotopic (exact) mass is 361 g/mol. The molecule has 0 aliphatic carbocycles. The van der Waals surface area contributed by atoms with Crippen molar-refractivity contribution in [2.75, 3.05) is 7.05 Å². The molecule has 0 radical (unpaired) electrons. The van der Waals surface area contributed by atoms with E-state index in [0.29, 0.717) is 27.2 Å². The van der Waals surface area contributed by atoms with E-state index in [9.17, 15) is 4.39 Å². The van der Waals surface area contributed by atoms with Crippen molar-refractivity contribution in [3.05, 3.63) is 56.2 Å². The first-order valence-corrected chi connectivity index (χ1v) is 7.16. The summed E-state index contributed by atoms with van der Waals surface area (Å²) in [6.45, 7) is 0.712. The van der Waals surface area contributed by atoms with E-state index < -0.39 is 5.82 Å². The van der Waals surface area contributed by atoms with Crippen LogP contribution in [-0.4, -0.2) is 7.05 Å². The van der Waals surface area contributed by atoms with Gasteiger partial charge in [0.15, 0.2) is 5.82 Å². The first kappa shape index (κ1) is 14.8. The summed E-state index contributed by atoms with van der Waals surface area (Å²) in [6, 6.07) is 8.90. The highest BCUT2D eigenvalue weighted by Crippen LogP contribution is 2.36. The maximum absolute atomic E-state index is 14.1. The second kappa shape index (κ2) is 6.23. The lowest BCUT2D eigenvalue weighted by atomic mass is 10.0. The van der Waals surface area contributed by atoms with Crippen molar-refractivity contribution in [2.45, 2.75) is 6.54 Å². The minimum absolute atomic E-state index is 0.0628. The highest BCUT2D eigenvalue weighted by atomic mass is 79.9. The molecule has 1 N–H and O–H groups in total. The van der Waals surface area contributed by atoms with E-state index in [1.165, 1.54) is 0 Å². The van der Waals surface area contributed by atoms with Crippen LogP contribution < -0.4 is 5.32 Å². The molecule has 0 fully saturated rings. The quantitative estimate of drug-likeness (QED) is 0.732. The van der Waals surface area contributed by atoms with Gasteiger partial charge < -0.3 is 5.32 Å². The minimum atomic E-state index is -0.473. The van der Waals surface area contributed by atoms with Crippen molar-refractivity contribution in [2.24, 2.45) is 0 Å². The summed E-state index contributed by atoms with van der Waals surface area (Å²) in [5.41, 5.74) is 2.07. The molecule has 2 aromatic carbocycles. The fourth-order valence-corrected chi connectivity index (χ4v) is 2.60. The van der Waals surface area contributed by atoms with Crippen molar-refractivity contribution in [3.8, 4) is 11.1 Å². The van der Waals surface area contributed by atoms with E-state index in [0.717, 1.165) is 5.56 Å². The summed E-state index contributed by atoms with van der Waals surface area (Å²) in [5.74, 6) is -0.473. The molecular formula is C14H11BrCl2FN. The Kier molecular flexibility index (Phi) is 4.85. The number of halogens is 4. The lowest BCUT2D eigenvalue weighted by Gasteiger charge is -2.10. The maximum Gasteiger partial charge on any atom is 0.150 e. The number of hydrogen-bond acceptors (Lipinski definition) is 1. The second-order valence-corrected chi connectivity index (χ2v) is 5.71. The standard InChI is InChI=1S/C14H11BrCl2FN/c1-19-7-8-2-3-9(12(16)6-8)10-4-5-11(15)13(17)14(10)18/h2-6,19H,7H2,1H3. The number of hydrogen-bond donors (Lipinski definition) is 1. The van der Waals surface area contributed by atoms with E-state index in [4.69, 9.17) is 23.2 Å². The van der Waals surface area contributed by atoms with Gasteiger partial charge in [0.25, 0.3) is 0 Å². The van der Waals surface area contributed by atoms with Gasteiger partial charge in [-0.05, 0) is 40.7 Å². The van der Waals surface area contributed by atoms with Crippen molar-refractivity contribution in [1.29, 1.82) is 0 Å². The molecule has 0 atom stereocenters. The molecule has 100 valence electrons.